The molecule has 2 rings (SSSR count). The first-order valence-electron chi connectivity index (χ1n) is 7.52. The van der Waals surface area contributed by atoms with Gasteiger partial charge in [-0.25, -0.2) is 0 Å². The van der Waals surface area contributed by atoms with Gasteiger partial charge in [0.25, 0.3) is 5.91 Å². The Hall–Kier alpha value is -1.01. The number of β-amino-alcohol motifs (C(OH)–C–C–N with tert-alkyl or cyclic N) is 1. The number of likely N-dealkylation sites (N-methyl/N-ethyl adjacent to an activating group) is 1. The van der Waals surface area contributed by atoms with Gasteiger partial charge in [0.1, 0.15) is 5.75 Å². The molecule has 1 atom stereocenters. The number of ether oxygens (including phenoxy) is 1. The summed E-state index contributed by atoms with van der Waals surface area (Å²) in [6, 6.07) is 4.87. The lowest BCUT2D eigenvalue weighted by Crippen LogP contribution is -2.55. The number of rotatable bonds is 5. The summed E-state index contributed by atoms with van der Waals surface area (Å²) < 4.78 is 5.48. The molecule has 1 heterocycles. The molecule has 0 spiro atoms. The van der Waals surface area contributed by atoms with E-state index in [0.717, 1.165) is 6.42 Å². The van der Waals surface area contributed by atoms with Crippen LogP contribution < -0.4 is 4.74 Å². The Morgan fingerprint density at radius 1 is 1.39 bits per heavy atom. The lowest BCUT2D eigenvalue weighted by atomic mass is 9.92. The fourth-order valence-electron chi connectivity index (χ4n) is 2.85. The van der Waals surface area contributed by atoms with E-state index in [1.807, 2.05) is 19.0 Å². The van der Waals surface area contributed by atoms with Crippen LogP contribution in [0.2, 0.25) is 10.0 Å². The van der Waals surface area contributed by atoms with Crippen LogP contribution in [0.25, 0.3) is 0 Å². The van der Waals surface area contributed by atoms with Gasteiger partial charge in [0.15, 0.2) is 6.61 Å². The van der Waals surface area contributed by atoms with Crippen molar-refractivity contribution in [1.29, 1.82) is 0 Å². The molecule has 1 aromatic carbocycles. The van der Waals surface area contributed by atoms with Crippen molar-refractivity contribution >= 4 is 29.1 Å². The predicted molar refractivity (Wildman–Crippen MR) is 91.3 cm³/mol. The van der Waals surface area contributed by atoms with Crippen LogP contribution in [0.5, 0.6) is 5.75 Å². The number of piperidine rings is 1. The van der Waals surface area contributed by atoms with Crippen LogP contribution in [0.15, 0.2) is 18.2 Å². The van der Waals surface area contributed by atoms with Crippen LogP contribution >= 0.6 is 23.2 Å². The second-order valence-corrected chi connectivity index (χ2v) is 7.06. The van der Waals surface area contributed by atoms with Crippen LogP contribution in [0.4, 0.5) is 0 Å². The molecule has 0 aromatic heterocycles. The van der Waals surface area contributed by atoms with Crippen LogP contribution in [0, 0.1) is 0 Å². The van der Waals surface area contributed by atoms with Gasteiger partial charge in [-0.2, -0.15) is 0 Å². The Labute approximate surface area is 146 Å². The van der Waals surface area contributed by atoms with E-state index >= 15 is 0 Å². The number of amides is 1. The fraction of sp³-hybridized carbons (Fsp3) is 0.562. The zero-order valence-corrected chi connectivity index (χ0v) is 14.9. The molecule has 1 aromatic rings. The molecule has 0 aliphatic carbocycles. The average molecular weight is 361 g/mol. The van der Waals surface area contributed by atoms with Crippen molar-refractivity contribution in [1.82, 2.24) is 9.80 Å². The van der Waals surface area contributed by atoms with Gasteiger partial charge in [-0.1, -0.05) is 23.2 Å². The summed E-state index contributed by atoms with van der Waals surface area (Å²) in [5, 5.41) is 11.4. The van der Waals surface area contributed by atoms with Crippen molar-refractivity contribution in [2.24, 2.45) is 0 Å². The highest BCUT2D eigenvalue weighted by Gasteiger charge is 2.35. The van der Waals surface area contributed by atoms with E-state index in [1.54, 1.807) is 23.1 Å². The highest BCUT2D eigenvalue weighted by Crippen LogP contribution is 2.26. The first kappa shape index (κ1) is 18.3. The van der Waals surface area contributed by atoms with Crippen molar-refractivity contribution in [3.05, 3.63) is 28.2 Å². The van der Waals surface area contributed by atoms with E-state index in [9.17, 15) is 9.90 Å². The minimum atomic E-state index is -0.860. The van der Waals surface area contributed by atoms with Crippen LogP contribution in [0.1, 0.15) is 12.8 Å². The van der Waals surface area contributed by atoms with Crippen molar-refractivity contribution in [3.8, 4) is 5.75 Å². The van der Waals surface area contributed by atoms with Gasteiger partial charge in [0, 0.05) is 19.2 Å². The normalized spacial score (nSPS) is 21.6. The molecule has 1 aliphatic rings. The first-order chi connectivity index (χ1) is 10.8. The fourth-order valence-corrected chi connectivity index (χ4v) is 3.13. The number of hydrogen-bond donors (Lipinski definition) is 1. The summed E-state index contributed by atoms with van der Waals surface area (Å²) >= 11 is 11.8. The molecule has 5 nitrogen and oxygen atoms in total. The van der Waals surface area contributed by atoms with Crippen LogP contribution in [-0.2, 0) is 4.79 Å². The Morgan fingerprint density at radius 3 is 2.78 bits per heavy atom. The minimum Gasteiger partial charge on any atom is -0.484 e. The molecule has 0 saturated carbocycles. The molecular formula is C16H22Cl2N2O3. The van der Waals surface area contributed by atoms with E-state index in [0.29, 0.717) is 41.8 Å². The first-order valence-corrected chi connectivity index (χ1v) is 8.27. The molecule has 23 heavy (non-hydrogen) atoms. The van der Waals surface area contributed by atoms with Gasteiger partial charge in [0.2, 0.25) is 0 Å². The van der Waals surface area contributed by atoms with Gasteiger partial charge < -0.3 is 19.6 Å². The monoisotopic (exact) mass is 360 g/mol. The molecule has 1 saturated heterocycles. The summed E-state index contributed by atoms with van der Waals surface area (Å²) in [6.45, 7) is 1.41. The Balaban J connectivity index is 1.91. The maximum atomic E-state index is 12.3. The number of hydrogen-bond acceptors (Lipinski definition) is 4. The number of benzene rings is 1. The molecule has 1 fully saturated rings. The van der Waals surface area contributed by atoms with E-state index in [4.69, 9.17) is 27.9 Å². The standard InChI is InChI=1S/C16H22Cl2N2O3/c1-19(2)10-16(22)6-3-7-20(11-16)15(21)9-23-12-4-5-13(17)14(18)8-12/h4-5,8,22H,3,6-7,9-11H2,1-2H3/t16-/m1/s1. The molecule has 1 N–H and O–H groups in total. The largest absolute Gasteiger partial charge is 0.484 e. The number of carbonyl (C=O) groups is 1. The predicted octanol–water partition coefficient (Wildman–Crippen LogP) is 2.29. The Morgan fingerprint density at radius 2 is 2.13 bits per heavy atom. The summed E-state index contributed by atoms with van der Waals surface area (Å²) in [5.74, 6) is 0.348. The van der Waals surface area contributed by atoms with Crippen molar-refractivity contribution in [2.75, 3.05) is 40.3 Å². The summed E-state index contributed by atoms with van der Waals surface area (Å²) in [7, 11) is 3.82. The summed E-state index contributed by atoms with van der Waals surface area (Å²) in [6.07, 6.45) is 1.48. The third-order valence-electron chi connectivity index (χ3n) is 3.77. The number of aliphatic hydroxyl groups is 1. The number of nitrogens with zero attached hydrogens (tertiary/aromatic N) is 2. The Bertz CT molecular complexity index is 568. The second-order valence-electron chi connectivity index (χ2n) is 6.25. The molecule has 1 amide bonds. The van der Waals surface area contributed by atoms with Gasteiger partial charge >= 0.3 is 0 Å². The minimum absolute atomic E-state index is 0.0873. The van der Waals surface area contributed by atoms with Gasteiger partial charge in [-0.05, 0) is 39.1 Å². The number of halogens is 2. The molecule has 0 radical (unpaired) electrons. The van der Waals surface area contributed by atoms with E-state index < -0.39 is 5.60 Å². The third kappa shape index (κ3) is 5.24. The van der Waals surface area contributed by atoms with Gasteiger partial charge in [-0.3, -0.25) is 4.79 Å². The quantitative estimate of drug-likeness (QED) is 0.875. The maximum Gasteiger partial charge on any atom is 0.260 e. The zero-order valence-electron chi connectivity index (χ0n) is 13.4. The van der Waals surface area contributed by atoms with Gasteiger partial charge in [0.05, 0.1) is 22.2 Å². The molecule has 0 bridgehead atoms. The smallest absolute Gasteiger partial charge is 0.260 e. The second kappa shape index (κ2) is 7.71. The van der Waals surface area contributed by atoms with Crippen molar-refractivity contribution in [3.63, 3.8) is 0 Å². The Kier molecular flexibility index (Phi) is 6.14. The van der Waals surface area contributed by atoms with E-state index in [2.05, 4.69) is 0 Å². The molecule has 1 aliphatic heterocycles. The van der Waals surface area contributed by atoms with E-state index in [1.165, 1.54) is 0 Å². The topological polar surface area (TPSA) is 53.0 Å². The van der Waals surface area contributed by atoms with Crippen molar-refractivity contribution < 1.29 is 14.6 Å². The van der Waals surface area contributed by atoms with Gasteiger partial charge in [-0.15, -0.1) is 0 Å². The lowest BCUT2D eigenvalue weighted by molar-refractivity contribution is -0.141. The highest BCUT2D eigenvalue weighted by molar-refractivity contribution is 6.42. The lowest BCUT2D eigenvalue weighted by Gasteiger charge is -2.40. The summed E-state index contributed by atoms with van der Waals surface area (Å²) in [5.41, 5.74) is -0.860. The molecule has 7 heteroatoms. The maximum absolute atomic E-state index is 12.3. The SMILES string of the molecule is CN(C)C[C@]1(O)CCCN(C(=O)COc2ccc(Cl)c(Cl)c2)C1. The molecule has 128 valence electrons. The van der Waals surface area contributed by atoms with Crippen LogP contribution in [-0.4, -0.2) is 66.8 Å². The van der Waals surface area contributed by atoms with Crippen molar-refractivity contribution in [2.45, 2.75) is 18.4 Å². The third-order valence-corrected chi connectivity index (χ3v) is 4.51. The average Bonchev–Trinajstić information content (AvgIpc) is 2.47. The highest BCUT2D eigenvalue weighted by atomic mass is 35.5. The summed E-state index contributed by atoms with van der Waals surface area (Å²) in [4.78, 5) is 15.9. The van der Waals surface area contributed by atoms with E-state index in [-0.39, 0.29) is 12.5 Å². The zero-order chi connectivity index (χ0) is 17.0. The molecular weight excluding hydrogens is 339 g/mol. The number of carbonyl (C=O) groups excluding carboxylic acids is 1. The van der Waals surface area contributed by atoms with Crippen LogP contribution in [0.3, 0.4) is 0 Å². The number of likely N-dealkylation sites (tertiary alicyclic amines) is 1. The molecule has 0 unspecified atom stereocenters.